The molecule has 130 valence electrons. The molecule has 0 bridgehead atoms. The summed E-state index contributed by atoms with van der Waals surface area (Å²) in [6, 6.07) is 14.2. The van der Waals surface area contributed by atoms with Crippen LogP contribution in [-0.4, -0.2) is 46.3 Å². The van der Waals surface area contributed by atoms with E-state index < -0.39 is 0 Å². The maximum atomic E-state index is 5.52. The molecule has 0 saturated carbocycles. The predicted octanol–water partition coefficient (Wildman–Crippen LogP) is 2.96. The first-order valence-corrected chi connectivity index (χ1v) is 8.64. The first-order chi connectivity index (χ1) is 12.3. The first kappa shape index (κ1) is 16.1. The fourth-order valence-corrected chi connectivity index (χ4v) is 3.18. The predicted molar refractivity (Wildman–Crippen MR) is 93.7 cm³/mol. The third-order valence-electron chi connectivity index (χ3n) is 4.54. The molecule has 25 heavy (non-hydrogen) atoms. The van der Waals surface area contributed by atoms with E-state index in [4.69, 9.17) is 9.05 Å². The quantitative estimate of drug-likeness (QED) is 0.713. The molecule has 0 aliphatic carbocycles. The molecule has 1 aliphatic rings. The minimum Gasteiger partial charge on any atom is -0.361 e. The summed E-state index contributed by atoms with van der Waals surface area (Å²) in [6.45, 7) is 7.64. The van der Waals surface area contributed by atoms with Crippen molar-refractivity contribution in [3.05, 3.63) is 59.7 Å². The number of nitrogens with zero attached hydrogens (tertiary/aromatic N) is 4. The third kappa shape index (κ3) is 3.97. The highest BCUT2D eigenvalue weighted by molar-refractivity contribution is 5.58. The van der Waals surface area contributed by atoms with E-state index in [0.717, 1.165) is 67.7 Å². The lowest BCUT2D eigenvalue weighted by atomic mass is 10.1. The number of piperazine rings is 1. The van der Waals surface area contributed by atoms with Gasteiger partial charge in [0.1, 0.15) is 11.5 Å². The van der Waals surface area contributed by atoms with E-state index in [2.05, 4.69) is 20.1 Å². The molecule has 2 aromatic heterocycles. The zero-order valence-corrected chi connectivity index (χ0v) is 14.4. The topological polar surface area (TPSA) is 58.5 Å². The minimum absolute atomic E-state index is 0.802. The average molecular weight is 338 g/mol. The van der Waals surface area contributed by atoms with Crippen LogP contribution in [0.15, 0.2) is 51.5 Å². The van der Waals surface area contributed by atoms with Gasteiger partial charge in [0.2, 0.25) is 0 Å². The van der Waals surface area contributed by atoms with E-state index in [1.807, 2.05) is 49.4 Å². The number of benzene rings is 1. The summed E-state index contributed by atoms with van der Waals surface area (Å²) >= 11 is 0. The van der Waals surface area contributed by atoms with E-state index in [9.17, 15) is 0 Å². The monoisotopic (exact) mass is 338 g/mol. The number of aryl methyl sites for hydroxylation is 1. The molecular formula is C19H22N4O2. The van der Waals surface area contributed by atoms with Gasteiger partial charge < -0.3 is 9.05 Å². The van der Waals surface area contributed by atoms with Crippen LogP contribution in [0.3, 0.4) is 0 Å². The molecule has 0 amide bonds. The lowest BCUT2D eigenvalue weighted by molar-refractivity contribution is 0.112. The van der Waals surface area contributed by atoms with Gasteiger partial charge in [0.15, 0.2) is 5.76 Å². The van der Waals surface area contributed by atoms with Crippen LogP contribution in [-0.2, 0) is 13.1 Å². The van der Waals surface area contributed by atoms with E-state index in [0.29, 0.717) is 0 Å². The Morgan fingerprint density at radius 2 is 1.60 bits per heavy atom. The smallest absolute Gasteiger partial charge is 0.151 e. The highest BCUT2D eigenvalue weighted by atomic mass is 16.5. The van der Waals surface area contributed by atoms with Crippen LogP contribution in [0.4, 0.5) is 0 Å². The molecule has 0 atom stereocenters. The molecule has 1 aromatic carbocycles. The number of hydrogen-bond donors (Lipinski definition) is 0. The molecular weight excluding hydrogens is 316 g/mol. The van der Waals surface area contributed by atoms with Gasteiger partial charge in [-0.1, -0.05) is 40.6 Å². The van der Waals surface area contributed by atoms with Crippen molar-refractivity contribution in [2.75, 3.05) is 26.2 Å². The summed E-state index contributed by atoms with van der Waals surface area (Å²) in [5, 5.41) is 8.27. The second-order valence-corrected chi connectivity index (χ2v) is 6.53. The van der Waals surface area contributed by atoms with Gasteiger partial charge in [-0.15, -0.1) is 0 Å². The maximum Gasteiger partial charge on any atom is 0.151 e. The van der Waals surface area contributed by atoms with Crippen molar-refractivity contribution in [3.63, 3.8) is 0 Å². The van der Waals surface area contributed by atoms with E-state index in [-0.39, 0.29) is 0 Å². The highest BCUT2D eigenvalue weighted by Gasteiger charge is 2.19. The SMILES string of the molecule is Cc1cc(CN2CCN(Cc3cc(-c4ccccc4)no3)CC2)no1. The zero-order chi connectivity index (χ0) is 17.1. The molecule has 6 heteroatoms. The molecule has 3 heterocycles. The molecule has 4 rings (SSSR count). The Morgan fingerprint density at radius 1 is 0.880 bits per heavy atom. The average Bonchev–Trinajstić information content (AvgIpc) is 3.27. The van der Waals surface area contributed by atoms with E-state index >= 15 is 0 Å². The highest BCUT2D eigenvalue weighted by Crippen LogP contribution is 2.20. The second-order valence-electron chi connectivity index (χ2n) is 6.53. The summed E-state index contributed by atoms with van der Waals surface area (Å²) in [4.78, 5) is 4.81. The van der Waals surface area contributed by atoms with Crippen molar-refractivity contribution < 1.29 is 9.05 Å². The van der Waals surface area contributed by atoms with Crippen LogP contribution >= 0.6 is 0 Å². The summed E-state index contributed by atoms with van der Waals surface area (Å²) in [7, 11) is 0. The van der Waals surface area contributed by atoms with Gasteiger partial charge in [-0.2, -0.15) is 0 Å². The lowest BCUT2D eigenvalue weighted by Gasteiger charge is -2.33. The van der Waals surface area contributed by atoms with Crippen molar-refractivity contribution in [1.82, 2.24) is 20.1 Å². The molecule has 0 N–H and O–H groups in total. The summed E-state index contributed by atoms with van der Waals surface area (Å²) in [5.74, 6) is 1.78. The number of rotatable bonds is 5. The largest absolute Gasteiger partial charge is 0.361 e. The Morgan fingerprint density at radius 3 is 2.28 bits per heavy atom. The molecule has 1 fully saturated rings. The molecule has 0 radical (unpaired) electrons. The molecule has 1 aliphatic heterocycles. The minimum atomic E-state index is 0.802. The second kappa shape index (κ2) is 7.21. The zero-order valence-electron chi connectivity index (χ0n) is 14.4. The van der Waals surface area contributed by atoms with Crippen LogP contribution in [0.1, 0.15) is 17.2 Å². The van der Waals surface area contributed by atoms with Crippen LogP contribution in [0.25, 0.3) is 11.3 Å². The van der Waals surface area contributed by atoms with Gasteiger partial charge in [0.05, 0.1) is 12.2 Å². The van der Waals surface area contributed by atoms with Crippen molar-refractivity contribution in [2.24, 2.45) is 0 Å². The molecule has 1 saturated heterocycles. The normalized spacial score (nSPS) is 16.4. The Balaban J connectivity index is 1.29. The Kier molecular flexibility index (Phi) is 4.63. The van der Waals surface area contributed by atoms with Crippen LogP contribution in [0, 0.1) is 6.92 Å². The Hall–Kier alpha value is -2.44. The fourth-order valence-electron chi connectivity index (χ4n) is 3.18. The third-order valence-corrected chi connectivity index (χ3v) is 4.54. The van der Waals surface area contributed by atoms with Gasteiger partial charge in [-0.25, -0.2) is 0 Å². The standard InChI is InChI=1S/C19H22N4O2/c1-15-11-17(20-24-15)13-22-7-9-23(10-8-22)14-18-12-19(21-25-18)16-5-3-2-4-6-16/h2-6,11-12H,7-10,13-14H2,1H3. The number of aromatic nitrogens is 2. The van der Waals surface area contributed by atoms with Crippen molar-refractivity contribution in [2.45, 2.75) is 20.0 Å². The van der Waals surface area contributed by atoms with Crippen molar-refractivity contribution in [3.8, 4) is 11.3 Å². The lowest BCUT2D eigenvalue weighted by Crippen LogP contribution is -2.45. The number of hydrogen-bond acceptors (Lipinski definition) is 6. The van der Waals surface area contributed by atoms with Crippen molar-refractivity contribution in [1.29, 1.82) is 0 Å². The fraction of sp³-hybridized carbons (Fsp3) is 0.368. The van der Waals surface area contributed by atoms with Gasteiger partial charge in [-0.05, 0) is 6.92 Å². The summed E-state index contributed by atoms with van der Waals surface area (Å²) in [5.41, 5.74) is 2.99. The maximum absolute atomic E-state index is 5.52. The van der Waals surface area contributed by atoms with Gasteiger partial charge >= 0.3 is 0 Å². The van der Waals surface area contributed by atoms with Crippen LogP contribution in [0.2, 0.25) is 0 Å². The summed E-state index contributed by atoms with van der Waals surface area (Å²) in [6.07, 6.45) is 0. The molecule has 6 nitrogen and oxygen atoms in total. The van der Waals surface area contributed by atoms with Gasteiger partial charge in [-0.3, -0.25) is 9.80 Å². The molecule has 0 spiro atoms. The van der Waals surface area contributed by atoms with Gasteiger partial charge in [0, 0.05) is 50.4 Å². The first-order valence-electron chi connectivity index (χ1n) is 8.64. The summed E-state index contributed by atoms with van der Waals surface area (Å²) < 4.78 is 10.7. The molecule has 0 unspecified atom stereocenters. The van der Waals surface area contributed by atoms with Gasteiger partial charge in [0.25, 0.3) is 0 Å². The van der Waals surface area contributed by atoms with E-state index in [1.165, 1.54) is 0 Å². The van der Waals surface area contributed by atoms with E-state index in [1.54, 1.807) is 0 Å². The Bertz CT molecular complexity index is 804. The van der Waals surface area contributed by atoms with Crippen LogP contribution < -0.4 is 0 Å². The van der Waals surface area contributed by atoms with Crippen molar-refractivity contribution >= 4 is 0 Å². The van der Waals surface area contributed by atoms with Crippen LogP contribution in [0.5, 0.6) is 0 Å². The Labute approximate surface area is 147 Å². The molecule has 3 aromatic rings.